The molecule has 3 N–H and O–H groups in total. The standard InChI is InChI=1S/C19H20N4O/c1-12(13-5-3-2-4-6-13)23-11-16-14(9-17(20)19(23)24)7-8-18-15(16)10-21-22-18/h2-8,10,12,17H,9,11,20H2,1H3,(H,21,22)/t12-,17+/m0/s1. The fourth-order valence-corrected chi connectivity index (χ4v) is 3.52. The second-order valence-corrected chi connectivity index (χ2v) is 6.40. The maximum absolute atomic E-state index is 12.9. The second-order valence-electron chi connectivity index (χ2n) is 6.40. The normalized spacial score (nSPS) is 19.2. The summed E-state index contributed by atoms with van der Waals surface area (Å²) >= 11 is 0. The zero-order valence-corrected chi connectivity index (χ0v) is 13.6. The summed E-state index contributed by atoms with van der Waals surface area (Å²) in [5.74, 6) is -0.000743. The van der Waals surface area contributed by atoms with Crippen LogP contribution in [0.2, 0.25) is 0 Å². The van der Waals surface area contributed by atoms with Crippen LogP contribution < -0.4 is 5.73 Å². The topological polar surface area (TPSA) is 75.0 Å². The number of H-pyrrole nitrogens is 1. The third kappa shape index (κ3) is 2.37. The van der Waals surface area contributed by atoms with Gasteiger partial charge in [0.1, 0.15) is 0 Å². The van der Waals surface area contributed by atoms with Gasteiger partial charge in [-0.15, -0.1) is 0 Å². The first-order valence-electron chi connectivity index (χ1n) is 8.20. The Hall–Kier alpha value is -2.66. The molecule has 0 saturated carbocycles. The molecule has 2 atom stereocenters. The highest BCUT2D eigenvalue weighted by Gasteiger charge is 2.31. The first-order chi connectivity index (χ1) is 11.6. The highest BCUT2D eigenvalue weighted by Crippen LogP contribution is 2.31. The van der Waals surface area contributed by atoms with Crippen molar-refractivity contribution in [2.24, 2.45) is 5.73 Å². The van der Waals surface area contributed by atoms with Gasteiger partial charge in [0, 0.05) is 11.9 Å². The lowest BCUT2D eigenvalue weighted by molar-refractivity contribution is -0.135. The molecule has 1 aromatic heterocycles. The molecule has 0 fully saturated rings. The van der Waals surface area contributed by atoms with Crippen molar-refractivity contribution in [3.8, 4) is 0 Å². The van der Waals surface area contributed by atoms with Crippen molar-refractivity contribution in [3.63, 3.8) is 0 Å². The number of hydrogen-bond acceptors (Lipinski definition) is 3. The van der Waals surface area contributed by atoms with Crippen molar-refractivity contribution in [1.82, 2.24) is 15.1 Å². The first kappa shape index (κ1) is 14.9. The van der Waals surface area contributed by atoms with E-state index in [4.69, 9.17) is 5.73 Å². The van der Waals surface area contributed by atoms with Gasteiger partial charge in [0.05, 0.1) is 23.8 Å². The molecule has 4 rings (SSSR count). The number of nitrogens with zero attached hydrogens (tertiary/aromatic N) is 2. The Morgan fingerprint density at radius 3 is 2.83 bits per heavy atom. The molecule has 0 unspecified atom stereocenters. The van der Waals surface area contributed by atoms with Crippen LogP contribution in [0.4, 0.5) is 0 Å². The van der Waals surface area contributed by atoms with Crippen molar-refractivity contribution in [1.29, 1.82) is 0 Å². The van der Waals surface area contributed by atoms with Gasteiger partial charge >= 0.3 is 0 Å². The Morgan fingerprint density at radius 2 is 2.04 bits per heavy atom. The van der Waals surface area contributed by atoms with Gasteiger partial charge < -0.3 is 10.6 Å². The Morgan fingerprint density at radius 1 is 1.25 bits per heavy atom. The van der Waals surface area contributed by atoms with E-state index in [9.17, 15) is 4.79 Å². The van der Waals surface area contributed by atoms with Crippen LogP contribution in [0.5, 0.6) is 0 Å². The van der Waals surface area contributed by atoms with E-state index in [2.05, 4.69) is 23.2 Å². The number of amides is 1. The van der Waals surface area contributed by atoms with Crippen LogP contribution in [0.3, 0.4) is 0 Å². The third-order valence-electron chi connectivity index (χ3n) is 4.95. The van der Waals surface area contributed by atoms with Crippen molar-refractivity contribution in [2.75, 3.05) is 0 Å². The molecule has 0 radical (unpaired) electrons. The van der Waals surface area contributed by atoms with E-state index in [-0.39, 0.29) is 11.9 Å². The zero-order valence-electron chi connectivity index (χ0n) is 13.6. The van der Waals surface area contributed by atoms with E-state index < -0.39 is 6.04 Å². The Bertz CT molecular complexity index is 887. The molecule has 5 nitrogen and oxygen atoms in total. The third-order valence-corrected chi connectivity index (χ3v) is 4.95. The van der Waals surface area contributed by atoms with Gasteiger partial charge in [0.2, 0.25) is 5.91 Å². The summed E-state index contributed by atoms with van der Waals surface area (Å²) in [6.07, 6.45) is 2.40. The predicted octanol–water partition coefficient (Wildman–Crippen LogP) is 2.54. The number of fused-ring (bicyclic) bond motifs is 3. The van der Waals surface area contributed by atoms with Crippen LogP contribution in [-0.2, 0) is 17.8 Å². The molecule has 0 spiro atoms. The molecule has 122 valence electrons. The van der Waals surface area contributed by atoms with Crippen molar-refractivity contribution < 1.29 is 4.79 Å². The van der Waals surface area contributed by atoms with E-state index in [1.54, 1.807) is 0 Å². The fourth-order valence-electron chi connectivity index (χ4n) is 3.52. The van der Waals surface area contributed by atoms with Gasteiger partial charge in [-0.25, -0.2) is 0 Å². The first-order valence-corrected chi connectivity index (χ1v) is 8.20. The van der Waals surface area contributed by atoms with E-state index in [0.29, 0.717) is 13.0 Å². The summed E-state index contributed by atoms with van der Waals surface area (Å²) in [6, 6.07) is 13.6. The van der Waals surface area contributed by atoms with Crippen LogP contribution in [0.15, 0.2) is 48.7 Å². The smallest absolute Gasteiger partial charge is 0.240 e. The average molecular weight is 320 g/mol. The number of carbonyl (C=O) groups is 1. The second kappa shape index (κ2) is 5.76. The van der Waals surface area contributed by atoms with E-state index in [1.165, 1.54) is 0 Å². The van der Waals surface area contributed by atoms with E-state index in [0.717, 1.165) is 27.6 Å². The summed E-state index contributed by atoms with van der Waals surface area (Å²) in [5, 5.41) is 8.22. The number of rotatable bonds is 2. The molecule has 0 saturated heterocycles. The number of nitrogens with two attached hydrogens (primary N) is 1. The molecule has 5 heteroatoms. The molecular formula is C19H20N4O. The number of carbonyl (C=O) groups excluding carboxylic acids is 1. The molecule has 1 amide bonds. The lowest BCUT2D eigenvalue weighted by Crippen LogP contribution is -2.43. The van der Waals surface area contributed by atoms with Gasteiger partial charge in [-0.2, -0.15) is 5.10 Å². The molecule has 24 heavy (non-hydrogen) atoms. The molecule has 3 aromatic rings. The molecule has 0 bridgehead atoms. The Kier molecular flexibility index (Phi) is 3.58. The lowest BCUT2D eigenvalue weighted by atomic mass is 9.99. The minimum atomic E-state index is -0.512. The number of aromatic amines is 1. The van der Waals surface area contributed by atoms with Crippen LogP contribution in [-0.4, -0.2) is 27.0 Å². The number of aromatic nitrogens is 2. The maximum Gasteiger partial charge on any atom is 0.240 e. The minimum Gasteiger partial charge on any atom is -0.330 e. The van der Waals surface area contributed by atoms with Crippen LogP contribution >= 0.6 is 0 Å². The predicted molar refractivity (Wildman–Crippen MR) is 93.2 cm³/mol. The summed E-state index contributed by atoms with van der Waals surface area (Å²) in [5.41, 5.74) is 10.6. The summed E-state index contributed by atoms with van der Waals surface area (Å²) in [7, 11) is 0. The summed E-state index contributed by atoms with van der Waals surface area (Å²) < 4.78 is 0. The fraction of sp³-hybridized carbons (Fsp3) is 0.263. The number of benzene rings is 2. The summed E-state index contributed by atoms with van der Waals surface area (Å²) in [4.78, 5) is 14.8. The quantitative estimate of drug-likeness (QED) is 0.762. The van der Waals surface area contributed by atoms with Crippen molar-refractivity contribution in [2.45, 2.75) is 32.0 Å². The molecule has 0 aliphatic carbocycles. The molecule has 1 aliphatic rings. The van der Waals surface area contributed by atoms with Gasteiger partial charge in [-0.1, -0.05) is 36.4 Å². The van der Waals surface area contributed by atoms with E-state index >= 15 is 0 Å². The number of nitrogens with one attached hydrogen (secondary N) is 1. The summed E-state index contributed by atoms with van der Waals surface area (Å²) in [6.45, 7) is 2.61. The monoisotopic (exact) mass is 320 g/mol. The van der Waals surface area contributed by atoms with Gasteiger partial charge in [0.15, 0.2) is 0 Å². The molecule has 2 heterocycles. The number of hydrogen-bond donors (Lipinski definition) is 2. The molecule has 2 aromatic carbocycles. The van der Waals surface area contributed by atoms with E-state index in [1.807, 2.05) is 47.5 Å². The maximum atomic E-state index is 12.9. The lowest BCUT2D eigenvalue weighted by Gasteiger charge is -2.30. The van der Waals surface area contributed by atoms with Crippen molar-refractivity contribution in [3.05, 3.63) is 65.4 Å². The van der Waals surface area contributed by atoms with Gasteiger partial charge in [0.25, 0.3) is 0 Å². The highest BCUT2D eigenvalue weighted by atomic mass is 16.2. The van der Waals surface area contributed by atoms with Crippen LogP contribution in [0, 0.1) is 0 Å². The highest BCUT2D eigenvalue weighted by molar-refractivity contribution is 5.87. The van der Waals surface area contributed by atoms with Crippen LogP contribution in [0.1, 0.15) is 29.7 Å². The SMILES string of the molecule is C[C@@H](c1ccccc1)N1Cc2c(ccc3[nH]ncc23)C[C@@H](N)C1=O. The largest absolute Gasteiger partial charge is 0.330 e. The van der Waals surface area contributed by atoms with Gasteiger partial charge in [-0.05, 0) is 36.1 Å². The molecular weight excluding hydrogens is 300 g/mol. The Balaban J connectivity index is 1.80. The molecule has 1 aliphatic heterocycles. The Labute approximate surface area is 140 Å². The van der Waals surface area contributed by atoms with Crippen molar-refractivity contribution >= 4 is 16.8 Å². The minimum absolute atomic E-state index is 0.000743. The van der Waals surface area contributed by atoms with Gasteiger partial charge in [-0.3, -0.25) is 9.89 Å². The van der Waals surface area contributed by atoms with Crippen LogP contribution in [0.25, 0.3) is 10.9 Å². The average Bonchev–Trinajstić information content (AvgIpc) is 3.04. The zero-order chi connectivity index (χ0) is 16.7.